The number of halogens is 3. The molecule has 18 heavy (non-hydrogen) atoms. The normalized spacial score (nSPS) is 19.8. The van der Waals surface area contributed by atoms with Gasteiger partial charge in [-0.2, -0.15) is 13.2 Å². The number of hydrogen-bond donors (Lipinski definition) is 1. The highest BCUT2D eigenvalue weighted by Gasteiger charge is 2.31. The van der Waals surface area contributed by atoms with Crippen LogP contribution in [0.3, 0.4) is 0 Å². The van der Waals surface area contributed by atoms with Crippen LogP contribution >= 0.6 is 0 Å². The number of rotatable bonds is 2. The molecule has 0 saturated carbocycles. The van der Waals surface area contributed by atoms with Crippen LogP contribution in [0.25, 0.3) is 0 Å². The molecule has 1 aliphatic rings. The summed E-state index contributed by atoms with van der Waals surface area (Å²) >= 11 is 0. The molecule has 0 bridgehead atoms. The zero-order chi connectivity index (χ0) is 13.2. The average Bonchev–Trinajstić information content (AvgIpc) is 2.82. The van der Waals surface area contributed by atoms with E-state index in [1.165, 1.54) is 0 Å². The molecule has 1 aromatic heterocycles. The van der Waals surface area contributed by atoms with Crippen molar-refractivity contribution in [3.05, 3.63) is 23.9 Å². The number of aromatic nitrogens is 1. The van der Waals surface area contributed by atoms with Crippen molar-refractivity contribution < 1.29 is 22.7 Å². The zero-order valence-corrected chi connectivity index (χ0v) is 9.33. The molecule has 1 aromatic rings. The summed E-state index contributed by atoms with van der Waals surface area (Å²) in [5, 5.41) is 2.42. The average molecular weight is 260 g/mol. The summed E-state index contributed by atoms with van der Waals surface area (Å²) in [6, 6.07) is 1.99. The first-order valence-corrected chi connectivity index (χ1v) is 5.42. The summed E-state index contributed by atoms with van der Waals surface area (Å²) < 4.78 is 42.0. The highest BCUT2D eigenvalue weighted by molar-refractivity contribution is 5.93. The van der Waals surface area contributed by atoms with Gasteiger partial charge in [-0.3, -0.25) is 4.79 Å². The minimum atomic E-state index is -4.43. The van der Waals surface area contributed by atoms with Gasteiger partial charge in [0, 0.05) is 12.8 Å². The van der Waals surface area contributed by atoms with Gasteiger partial charge in [-0.15, -0.1) is 0 Å². The molecule has 4 nitrogen and oxygen atoms in total. The topological polar surface area (TPSA) is 51.2 Å². The van der Waals surface area contributed by atoms with Crippen molar-refractivity contribution in [2.24, 2.45) is 0 Å². The van der Waals surface area contributed by atoms with Crippen molar-refractivity contribution >= 4 is 11.7 Å². The standard InChI is InChI=1S/C11H11F3N2O2/c12-11(13,14)7-3-4-9(15-6-7)16-10(17)8-2-1-5-18-8/h3-4,6,8H,1-2,5H2,(H,15,16,17). The molecule has 0 aliphatic carbocycles. The molecule has 0 aromatic carbocycles. The van der Waals surface area contributed by atoms with Crippen LogP contribution in [-0.4, -0.2) is 23.6 Å². The van der Waals surface area contributed by atoms with Crippen LogP contribution in [0.15, 0.2) is 18.3 Å². The van der Waals surface area contributed by atoms with Crippen LogP contribution in [-0.2, 0) is 15.7 Å². The van der Waals surface area contributed by atoms with Gasteiger partial charge in [-0.25, -0.2) is 4.98 Å². The van der Waals surface area contributed by atoms with Gasteiger partial charge in [-0.1, -0.05) is 0 Å². The summed E-state index contributed by atoms with van der Waals surface area (Å²) in [7, 11) is 0. The second-order valence-electron chi connectivity index (χ2n) is 3.92. The zero-order valence-electron chi connectivity index (χ0n) is 9.33. The van der Waals surface area contributed by atoms with Crippen molar-refractivity contribution in [1.29, 1.82) is 0 Å². The minimum Gasteiger partial charge on any atom is -0.368 e. The van der Waals surface area contributed by atoms with Gasteiger partial charge >= 0.3 is 6.18 Å². The Kier molecular flexibility index (Phi) is 3.51. The Balaban J connectivity index is 2.00. The Labute approximate surface area is 101 Å². The maximum atomic E-state index is 12.3. The van der Waals surface area contributed by atoms with Crippen molar-refractivity contribution in [3.8, 4) is 0 Å². The molecule has 7 heteroatoms. The summed E-state index contributed by atoms with van der Waals surface area (Å²) in [5.74, 6) is -0.289. The monoisotopic (exact) mass is 260 g/mol. The number of alkyl halides is 3. The van der Waals surface area contributed by atoms with Crippen LogP contribution in [0.5, 0.6) is 0 Å². The maximum Gasteiger partial charge on any atom is 0.417 e. The number of carbonyl (C=O) groups is 1. The SMILES string of the molecule is O=C(Nc1ccc(C(F)(F)F)cn1)C1CCCO1. The van der Waals surface area contributed by atoms with Gasteiger partial charge in [0.25, 0.3) is 5.91 Å². The van der Waals surface area contributed by atoms with E-state index in [0.29, 0.717) is 19.2 Å². The molecule has 1 fully saturated rings. The summed E-state index contributed by atoms with van der Waals surface area (Å²) in [4.78, 5) is 15.1. The highest BCUT2D eigenvalue weighted by atomic mass is 19.4. The summed E-state index contributed by atoms with van der Waals surface area (Å²) in [6.07, 6.45) is -2.85. The van der Waals surface area contributed by atoms with E-state index in [4.69, 9.17) is 4.74 Å². The lowest BCUT2D eigenvalue weighted by Gasteiger charge is -2.10. The Hall–Kier alpha value is -1.63. The number of ether oxygens (including phenoxy) is 1. The lowest BCUT2D eigenvalue weighted by molar-refractivity contribution is -0.137. The number of amides is 1. The fourth-order valence-electron chi connectivity index (χ4n) is 1.63. The molecular weight excluding hydrogens is 249 g/mol. The number of pyridine rings is 1. The third kappa shape index (κ3) is 2.98. The molecule has 0 spiro atoms. The van der Waals surface area contributed by atoms with E-state index in [-0.39, 0.29) is 11.7 Å². The molecule has 1 atom stereocenters. The van der Waals surface area contributed by atoms with Crippen LogP contribution in [0.4, 0.5) is 19.0 Å². The summed E-state index contributed by atoms with van der Waals surface area (Å²) in [5.41, 5.74) is -0.849. The largest absolute Gasteiger partial charge is 0.417 e. The Morgan fingerprint density at radius 3 is 2.72 bits per heavy atom. The number of nitrogens with one attached hydrogen (secondary N) is 1. The molecule has 98 valence electrons. The lowest BCUT2D eigenvalue weighted by atomic mass is 10.2. The third-order valence-corrected chi connectivity index (χ3v) is 2.56. The second-order valence-corrected chi connectivity index (χ2v) is 3.92. The molecule has 1 aliphatic heterocycles. The molecule has 1 saturated heterocycles. The highest BCUT2D eigenvalue weighted by Crippen LogP contribution is 2.28. The number of anilines is 1. The van der Waals surface area contributed by atoms with E-state index >= 15 is 0 Å². The fourth-order valence-corrected chi connectivity index (χ4v) is 1.63. The number of hydrogen-bond acceptors (Lipinski definition) is 3. The van der Waals surface area contributed by atoms with Gasteiger partial charge in [0.05, 0.1) is 5.56 Å². The van der Waals surface area contributed by atoms with Gasteiger partial charge in [0.1, 0.15) is 11.9 Å². The molecule has 1 unspecified atom stereocenters. The predicted octanol–water partition coefficient (Wildman–Crippen LogP) is 2.22. The Bertz CT molecular complexity index is 425. The van der Waals surface area contributed by atoms with Crippen molar-refractivity contribution in [1.82, 2.24) is 4.98 Å². The van der Waals surface area contributed by atoms with E-state index in [1.54, 1.807) is 0 Å². The lowest BCUT2D eigenvalue weighted by Crippen LogP contribution is -2.27. The minimum absolute atomic E-state index is 0.0866. The fraction of sp³-hybridized carbons (Fsp3) is 0.455. The molecule has 2 rings (SSSR count). The van der Waals surface area contributed by atoms with Crippen molar-refractivity contribution in [3.63, 3.8) is 0 Å². The van der Waals surface area contributed by atoms with Crippen LogP contribution in [0, 0.1) is 0 Å². The van der Waals surface area contributed by atoms with Gasteiger partial charge < -0.3 is 10.1 Å². The summed E-state index contributed by atoms with van der Waals surface area (Å²) in [6.45, 7) is 0.526. The predicted molar refractivity (Wildman–Crippen MR) is 56.8 cm³/mol. The van der Waals surface area contributed by atoms with Gasteiger partial charge in [-0.05, 0) is 25.0 Å². The van der Waals surface area contributed by atoms with Gasteiger partial charge in [0.15, 0.2) is 0 Å². The molecule has 1 amide bonds. The van der Waals surface area contributed by atoms with E-state index in [2.05, 4.69) is 10.3 Å². The first kappa shape index (κ1) is 12.8. The van der Waals surface area contributed by atoms with Crippen LogP contribution < -0.4 is 5.32 Å². The molecule has 2 heterocycles. The quantitative estimate of drug-likeness (QED) is 0.887. The third-order valence-electron chi connectivity index (χ3n) is 2.56. The van der Waals surface area contributed by atoms with E-state index in [1.807, 2.05) is 0 Å². The molecule has 0 radical (unpaired) electrons. The second kappa shape index (κ2) is 4.93. The Morgan fingerprint density at radius 2 is 2.22 bits per heavy atom. The van der Waals surface area contributed by atoms with Crippen LogP contribution in [0.1, 0.15) is 18.4 Å². The first-order valence-electron chi connectivity index (χ1n) is 5.42. The van der Waals surface area contributed by atoms with E-state index in [0.717, 1.165) is 18.6 Å². The smallest absolute Gasteiger partial charge is 0.368 e. The molecular formula is C11H11F3N2O2. The number of nitrogens with zero attached hydrogens (tertiary/aromatic N) is 1. The first-order chi connectivity index (χ1) is 8.47. The number of carbonyl (C=O) groups excluding carboxylic acids is 1. The van der Waals surface area contributed by atoms with Crippen molar-refractivity contribution in [2.45, 2.75) is 25.1 Å². The maximum absolute atomic E-state index is 12.3. The van der Waals surface area contributed by atoms with E-state index < -0.39 is 17.8 Å². The van der Waals surface area contributed by atoms with Gasteiger partial charge in [0.2, 0.25) is 0 Å². The van der Waals surface area contributed by atoms with E-state index in [9.17, 15) is 18.0 Å². The molecule has 1 N–H and O–H groups in total. The van der Waals surface area contributed by atoms with Crippen LogP contribution in [0.2, 0.25) is 0 Å². The van der Waals surface area contributed by atoms with Crippen molar-refractivity contribution in [2.75, 3.05) is 11.9 Å². The Morgan fingerprint density at radius 1 is 1.44 bits per heavy atom.